The molecule has 0 saturated carbocycles. The third-order valence-electron chi connectivity index (χ3n) is 2.64. The molecule has 0 aliphatic heterocycles. The number of hydrogen-bond donors (Lipinski definition) is 2. The van der Waals surface area contributed by atoms with Gasteiger partial charge in [-0.25, -0.2) is 0 Å². The maximum Gasteiger partial charge on any atom is 0.305 e. The summed E-state index contributed by atoms with van der Waals surface area (Å²) in [6.07, 6.45) is 0.0370. The summed E-state index contributed by atoms with van der Waals surface area (Å²) < 4.78 is 0. The summed E-state index contributed by atoms with van der Waals surface area (Å²) >= 11 is 5.92. The molecule has 0 heterocycles. The number of aliphatic carboxylic acids is 1. The van der Waals surface area contributed by atoms with Crippen molar-refractivity contribution in [1.82, 2.24) is 0 Å². The minimum absolute atomic E-state index is 0.0370. The molecule has 0 radical (unpaired) electrons. The first-order valence-electron chi connectivity index (χ1n) is 5.62. The minimum atomic E-state index is -0.846. The maximum atomic E-state index is 10.8. The molecule has 0 fully saturated rings. The van der Waals surface area contributed by atoms with Crippen LogP contribution in [0.2, 0.25) is 5.02 Å². The second-order valence-corrected chi connectivity index (χ2v) is 4.81. The molecule has 5 heteroatoms. The van der Waals surface area contributed by atoms with Crippen LogP contribution in [0.3, 0.4) is 0 Å². The van der Waals surface area contributed by atoms with Crippen LogP contribution >= 0.6 is 11.6 Å². The number of carboxylic acids is 1. The third kappa shape index (κ3) is 3.94. The molecule has 2 N–H and O–H groups in total. The summed E-state index contributed by atoms with van der Waals surface area (Å²) in [5, 5.41) is 21.1. The van der Waals surface area contributed by atoms with Crippen molar-refractivity contribution in [2.45, 2.75) is 26.3 Å². The lowest BCUT2D eigenvalue weighted by atomic mass is 10.0. The average molecular weight is 267 g/mol. The van der Waals surface area contributed by atoms with Crippen LogP contribution in [0, 0.1) is 17.2 Å². The molecule has 1 aromatic carbocycles. The molecule has 1 aromatic rings. The number of benzene rings is 1. The zero-order valence-electron chi connectivity index (χ0n) is 10.3. The van der Waals surface area contributed by atoms with Gasteiger partial charge in [-0.05, 0) is 24.1 Å². The van der Waals surface area contributed by atoms with E-state index in [9.17, 15) is 4.79 Å². The second-order valence-electron chi connectivity index (χ2n) is 4.40. The molecule has 4 nitrogen and oxygen atoms in total. The largest absolute Gasteiger partial charge is 0.481 e. The van der Waals surface area contributed by atoms with Gasteiger partial charge >= 0.3 is 5.97 Å². The van der Waals surface area contributed by atoms with Gasteiger partial charge in [0, 0.05) is 11.7 Å². The third-order valence-corrected chi connectivity index (χ3v) is 2.95. The molecular formula is C13H15ClN2O2. The molecular weight excluding hydrogens is 252 g/mol. The smallest absolute Gasteiger partial charge is 0.305 e. The molecule has 1 atom stereocenters. The Balaban J connectivity index is 2.85. The van der Waals surface area contributed by atoms with Crippen molar-refractivity contribution < 1.29 is 9.90 Å². The van der Waals surface area contributed by atoms with Crippen LogP contribution in [0.15, 0.2) is 18.2 Å². The zero-order valence-corrected chi connectivity index (χ0v) is 11.0. The highest BCUT2D eigenvalue weighted by Gasteiger charge is 2.17. The molecule has 96 valence electrons. The Morgan fingerprint density at radius 1 is 1.56 bits per heavy atom. The van der Waals surface area contributed by atoms with Crippen LogP contribution < -0.4 is 5.32 Å². The number of halogens is 1. The number of nitriles is 1. The standard InChI is InChI=1S/C13H15ClN2O2/c1-8(2)12(6-13(17)18)16-10-4-3-9(7-15)11(14)5-10/h3-5,8,12,16H,6H2,1-2H3,(H,17,18). The van der Waals surface area contributed by atoms with Crippen molar-refractivity contribution in [1.29, 1.82) is 5.26 Å². The van der Waals surface area contributed by atoms with E-state index in [1.54, 1.807) is 18.2 Å². The van der Waals surface area contributed by atoms with Gasteiger partial charge in [0.1, 0.15) is 6.07 Å². The van der Waals surface area contributed by atoms with Gasteiger partial charge in [0.2, 0.25) is 0 Å². The van der Waals surface area contributed by atoms with Gasteiger partial charge in [0.25, 0.3) is 0 Å². The van der Waals surface area contributed by atoms with Gasteiger partial charge in [0.15, 0.2) is 0 Å². The molecule has 0 spiro atoms. The number of rotatable bonds is 5. The highest BCUT2D eigenvalue weighted by Crippen LogP contribution is 2.22. The van der Waals surface area contributed by atoms with Gasteiger partial charge in [-0.1, -0.05) is 25.4 Å². The second kappa shape index (κ2) is 6.27. The van der Waals surface area contributed by atoms with Crippen molar-refractivity contribution in [2.75, 3.05) is 5.32 Å². The molecule has 0 amide bonds. The summed E-state index contributed by atoms with van der Waals surface area (Å²) in [5.41, 5.74) is 1.13. The van der Waals surface area contributed by atoms with E-state index in [1.807, 2.05) is 19.9 Å². The minimum Gasteiger partial charge on any atom is -0.481 e. The van der Waals surface area contributed by atoms with E-state index in [1.165, 1.54) is 0 Å². The Morgan fingerprint density at radius 2 is 2.22 bits per heavy atom. The van der Waals surface area contributed by atoms with Crippen LogP contribution in [0.5, 0.6) is 0 Å². The Kier molecular flexibility index (Phi) is 4.99. The highest BCUT2D eigenvalue weighted by molar-refractivity contribution is 6.32. The van der Waals surface area contributed by atoms with Gasteiger partial charge in [-0.3, -0.25) is 4.79 Å². The number of nitrogens with one attached hydrogen (secondary N) is 1. The maximum absolute atomic E-state index is 10.8. The average Bonchev–Trinajstić information content (AvgIpc) is 2.27. The fourth-order valence-electron chi connectivity index (χ4n) is 1.55. The van der Waals surface area contributed by atoms with E-state index in [0.29, 0.717) is 10.6 Å². The van der Waals surface area contributed by atoms with Crippen LogP contribution in [-0.2, 0) is 4.79 Å². The van der Waals surface area contributed by atoms with Crippen LogP contribution in [0.1, 0.15) is 25.8 Å². The fourth-order valence-corrected chi connectivity index (χ4v) is 1.77. The molecule has 0 bridgehead atoms. The predicted octanol–water partition coefficient (Wildman–Crippen LogP) is 3.12. The summed E-state index contributed by atoms with van der Waals surface area (Å²) in [5.74, 6) is -0.670. The Bertz CT molecular complexity index is 480. The first-order chi connectivity index (χ1) is 8.43. The van der Waals surface area contributed by atoms with Crippen LogP contribution in [-0.4, -0.2) is 17.1 Å². The van der Waals surface area contributed by atoms with Gasteiger partial charge in [-0.2, -0.15) is 5.26 Å². The number of nitrogens with zero attached hydrogens (tertiary/aromatic N) is 1. The molecule has 18 heavy (non-hydrogen) atoms. The first kappa shape index (κ1) is 14.3. The van der Waals surface area contributed by atoms with E-state index >= 15 is 0 Å². The summed E-state index contributed by atoms with van der Waals surface area (Å²) in [4.78, 5) is 10.8. The van der Waals surface area contributed by atoms with Gasteiger partial charge in [-0.15, -0.1) is 0 Å². The molecule has 0 aliphatic rings. The van der Waals surface area contributed by atoms with Crippen LogP contribution in [0.4, 0.5) is 5.69 Å². The quantitative estimate of drug-likeness (QED) is 0.859. The van der Waals surface area contributed by atoms with Crippen molar-refractivity contribution in [3.8, 4) is 6.07 Å². The molecule has 0 saturated heterocycles. The Labute approximate surface area is 111 Å². The summed E-state index contributed by atoms with van der Waals surface area (Å²) in [6, 6.07) is 6.78. The lowest BCUT2D eigenvalue weighted by Crippen LogP contribution is -2.28. The number of carbonyl (C=O) groups is 1. The SMILES string of the molecule is CC(C)C(CC(=O)O)Nc1ccc(C#N)c(Cl)c1. The van der Waals surface area contributed by atoms with E-state index < -0.39 is 5.97 Å². The molecule has 1 rings (SSSR count). The predicted molar refractivity (Wildman–Crippen MR) is 70.7 cm³/mol. The lowest BCUT2D eigenvalue weighted by molar-refractivity contribution is -0.137. The normalized spacial score (nSPS) is 11.9. The van der Waals surface area contributed by atoms with Crippen molar-refractivity contribution >= 4 is 23.3 Å². The zero-order chi connectivity index (χ0) is 13.7. The lowest BCUT2D eigenvalue weighted by Gasteiger charge is -2.22. The summed E-state index contributed by atoms with van der Waals surface area (Å²) in [7, 11) is 0. The molecule has 1 unspecified atom stereocenters. The van der Waals surface area contributed by atoms with Gasteiger partial charge in [0.05, 0.1) is 17.0 Å². The number of hydrogen-bond acceptors (Lipinski definition) is 3. The molecule has 0 aliphatic carbocycles. The Hall–Kier alpha value is -1.73. The van der Waals surface area contributed by atoms with E-state index in [2.05, 4.69) is 5.32 Å². The highest BCUT2D eigenvalue weighted by atomic mass is 35.5. The van der Waals surface area contributed by atoms with Crippen molar-refractivity contribution in [3.63, 3.8) is 0 Å². The Morgan fingerprint density at radius 3 is 2.67 bits per heavy atom. The monoisotopic (exact) mass is 266 g/mol. The van der Waals surface area contributed by atoms with E-state index in [0.717, 1.165) is 5.69 Å². The van der Waals surface area contributed by atoms with Crippen LogP contribution in [0.25, 0.3) is 0 Å². The first-order valence-corrected chi connectivity index (χ1v) is 5.99. The number of anilines is 1. The van der Waals surface area contributed by atoms with E-state index in [-0.39, 0.29) is 18.4 Å². The van der Waals surface area contributed by atoms with Crippen molar-refractivity contribution in [3.05, 3.63) is 28.8 Å². The number of carboxylic acid groups (broad SMARTS) is 1. The topological polar surface area (TPSA) is 73.1 Å². The van der Waals surface area contributed by atoms with Crippen molar-refractivity contribution in [2.24, 2.45) is 5.92 Å². The molecule has 0 aromatic heterocycles. The summed E-state index contributed by atoms with van der Waals surface area (Å²) in [6.45, 7) is 3.90. The van der Waals surface area contributed by atoms with E-state index in [4.69, 9.17) is 22.0 Å². The van der Waals surface area contributed by atoms with Gasteiger partial charge < -0.3 is 10.4 Å². The fraction of sp³-hybridized carbons (Fsp3) is 0.385.